The number of halogens is 2. The molecule has 4 aliphatic heterocycles. The summed E-state index contributed by atoms with van der Waals surface area (Å²) in [7, 11) is 0. The predicted molar refractivity (Wildman–Crippen MR) is 213 cm³/mol. The van der Waals surface area contributed by atoms with E-state index in [1.54, 1.807) is 13.8 Å². The molecule has 10 bridgehead atoms. The van der Waals surface area contributed by atoms with Crippen LogP contribution in [-0.4, -0.2) is 43.6 Å². The van der Waals surface area contributed by atoms with Crippen LogP contribution in [0.4, 0.5) is 5.69 Å². The number of anilines is 1. The zero-order valence-corrected chi connectivity index (χ0v) is 33.6. The molecule has 11 nitrogen and oxygen atoms in total. The molecule has 4 N–H and O–H groups in total. The molecule has 10 rings (SSSR count). The maximum Gasteiger partial charge on any atom is 0.250 e. The highest BCUT2D eigenvalue weighted by molar-refractivity contribution is 9.10. The highest BCUT2D eigenvalue weighted by Crippen LogP contribution is 2.62. The van der Waals surface area contributed by atoms with Crippen LogP contribution in [0.3, 0.4) is 0 Å². The molecule has 1 amide bonds. The van der Waals surface area contributed by atoms with E-state index in [1.165, 1.54) is 0 Å². The fourth-order valence-corrected chi connectivity index (χ4v) is 10.0. The zero-order valence-electron chi connectivity index (χ0n) is 30.5. The van der Waals surface area contributed by atoms with Gasteiger partial charge in [0.2, 0.25) is 11.8 Å². The number of benzene rings is 3. The van der Waals surface area contributed by atoms with Crippen LogP contribution in [-0.2, 0) is 21.4 Å². The summed E-state index contributed by atoms with van der Waals surface area (Å²) in [6.07, 6.45) is 1.91. The zero-order chi connectivity index (χ0) is 38.1. The first kappa shape index (κ1) is 34.7. The second-order valence-electron chi connectivity index (χ2n) is 15.5. The van der Waals surface area contributed by atoms with Crippen LogP contribution < -0.4 is 15.4 Å². The van der Waals surface area contributed by atoms with Gasteiger partial charge < -0.3 is 34.3 Å². The van der Waals surface area contributed by atoms with Gasteiger partial charge in [0.25, 0.3) is 5.89 Å². The van der Waals surface area contributed by atoms with E-state index in [0.29, 0.717) is 27.6 Å². The maximum atomic E-state index is 14.4. The number of Topliss-reactive ketones (excluding diaryl/α,β-unsaturated/α-hetero) is 1. The van der Waals surface area contributed by atoms with Gasteiger partial charge in [-0.2, -0.15) is 0 Å². The Hall–Kier alpha value is -4.72. The van der Waals surface area contributed by atoms with E-state index in [1.807, 2.05) is 44.3 Å². The number of ketones is 1. The minimum atomic E-state index is -1.51. The first-order valence-corrected chi connectivity index (χ1v) is 20.3. The molecule has 2 unspecified atom stereocenters. The fraction of sp³-hybridized carbons (Fsp3) is 0.333. The topological polar surface area (TPSA) is 156 Å². The lowest BCUT2D eigenvalue weighted by atomic mass is 9.72. The van der Waals surface area contributed by atoms with Crippen molar-refractivity contribution in [3.63, 3.8) is 0 Å². The van der Waals surface area contributed by atoms with Crippen molar-refractivity contribution >= 4 is 60.1 Å². The Labute approximate surface area is 332 Å². The highest BCUT2D eigenvalue weighted by atomic mass is 79.9. The van der Waals surface area contributed by atoms with Crippen molar-refractivity contribution in [2.45, 2.75) is 76.7 Å². The van der Waals surface area contributed by atoms with Gasteiger partial charge in [-0.3, -0.25) is 9.59 Å². The number of nitrogens with zero attached hydrogens (tertiary/aromatic N) is 2. The van der Waals surface area contributed by atoms with Crippen LogP contribution in [0.15, 0.2) is 72.6 Å². The van der Waals surface area contributed by atoms with Crippen LogP contribution in [0.2, 0.25) is 0 Å². The van der Waals surface area contributed by atoms with E-state index in [9.17, 15) is 14.7 Å². The van der Waals surface area contributed by atoms with Crippen LogP contribution in [0, 0.1) is 11.8 Å². The van der Waals surface area contributed by atoms with Crippen LogP contribution >= 0.6 is 31.9 Å². The van der Waals surface area contributed by atoms with Gasteiger partial charge in [0.05, 0.1) is 0 Å². The second kappa shape index (κ2) is 12.1. The minimum Gasteiger partial charge on any atom is -0.469 e. The summed E-state index contributed by atoms with van der Waals surface area (Å²) in [4.78, 5) is 41.6. The molecule has 0 fully saturated rings. The molecule has 1 spiro atoms. The number of carbonyl (C=O) groups is 2. The van der Waals surface area contributed by atoms with Crippen molar-refractivity contribution in [1.82, 2.24) is 20.3 Å². The van der Waals surface area contributed by atoms with Gasteiger partial charge in [-0.05, 0) is 76.5 Å². The smallest absolute Gasteiger partial charge is 0.250 e. The maximum absolute atomic E-state index is 14.4. The molecule has 6 aromatic rings. The third-order valence-corrected chi connectivity index (χ3v) is 13.1. The quantitative estimate of drug-likeness (QED) is 0.128. The molecule has 7 heterocycles. The molecule has 4 atom stereocenters. The number of carbonyl (C=O) groups excluding carboxylic acids is 2. The Kier molecular flexibility index (Phi) is 7.67. The normalized spacial score (nSPS) is 21.7. The number of fused-ring (bicyclic) bond motifs is 7. The van der Waals surface area contributed by atoms with E-state index >= 15 is 0 Å². The Morgan fingerprint density at radius 3 is 2.62 bits per heavy atom. The lowest BCUT2D eigenvalue weighted by Gasteiger charge is -2.29. The number of amides is 1. The Bertz CT molecular complexity index is 2620. The average Bonchev–Trinajstić information content (AvgIpc) is 3.99. The van der Waals surface area contributed by atoms with Gasteiger partial charge in [0.1, 0.15) is 22.8 Å². The summed E-state index contributed by atoms with van der Waals surface area (Å²) in [6, 6.07) is 15.6. The SMILES string of the molecule is CCC(O)(CC)C(=O)CC1Cc2ccc3c(c2)C24c5cc(Br)cc(c5N[C@H]2O3)-c2cccc3[nH]cc(c23)-c2oc(nc2Br)-c2nc(oc24)[C@H](C(C)C)NC1=O. The number of H-pyrrole nitrogens is 1. The second-order valence-corrected chi connectivity index (χ2v) is 17.1. The molecule has 3 aromatic carbocycles. The number of rotatable bonds is 6. The molecule has 3 aromatic heterocycles. The monoisotopic (exact) mass is 865 g/mol. The Morgan fingerprint density at radius 2 is 1.84 bits per heavy atom. The number of hydrogen-bond acceptors (Lipinski definition) is 9. The molecular weight excluding hydrogens is 830 g/mol. The molecule has 4 aliphatic rings. The summed E-state index contributed by atoms with van der Waals surface area (Å²) < 4.78 is 22.0. The minimum absolute atomic E-state index is 0.127. The number of aliphatic hydroxyl groups is 1. The van der Waals surface area contributed by atoms with E-state index in [4.69, 9.17) is 23.5 Å². The van der Waals surface area contributed by atoms with Crippen molar-refractivity contribution in [2.75, 3.05) is 5.32 Å². The highest BCUT2D eigenvalue weighted by Gasteiger charge is 2.62. The summed E-state index contributed by atoms with van der Waals surface area (Å²) >= 11 is 7.61. The van der Waals surface area contributed by atoms with E-state index in [0.717, 1.165) is 54.4 Å². The lowest BCUT2D eigenvalue weighted by Crippen LogP contribution is -2.43. The van der Waals surface area contributed by atoms with Crippen molar-refractivity contribution in [2.24, 2.45) is 11.8 Å². The number of hydrogen-bond donors (Lipinski definition) is 4. The standard InChI is InChI=1S/C42H37Br2N5O6/c1-5-41(52,6-2)29(50)14-20-12-19-10-11-28-25(13-19)42-26-16-21(43)15-23(32(26)48-40(42)53-28)22-8-7-9-27-30(22)24(17-45-27)34-36(44)49-39(54-34)33-35(42)55-38(47-33)31(18(3)4)46-37(20)51/h7-11,13,15-18,20,31,40,45,48,52H,5-6,12,14H2,1-4H3,(H,46,51)/t20?,31-,40-,42?/m0/s1. The summed E-state index contributed by atoms with van der Waals surface area (Å²) in [5, 5.41) is 19.2. The Morgan fingerprint density at radius 1 is 1.02 bits per heavy atom. The van der Waals surface area contributed by atoms with Crippen LogP contribution in [0.1, 0.15) is 81.3 Å². The predicted octanol–water partition coefficient (Wildman–Crippen LogP) is 8.96. The number of aromatic nitrogens is 3. The van der Waals surface area contributed by atoms with Crippen molar-refractivity contribution in [3.8, 4) is 39.8 Å². The molecule has 0 saturated carbocycles. The van der Waals surface area contributed by atoms with Crippen molar-refractivity contribution < 1.29 is 28.3 Å². The summed E-state index contributed by atoms with van der Waals surface area (Å²) in [6.45, 7) is 7.55. The average molecular weight is 868 g/mol. The van der Waals surface area contributed by atoms with Crippen LogP contribution in [0.25, 0.3) is 44.9 Å². The molecule has 55 heavy (non-hydrogen) atoms. The van der Waals surface area contributed by atoms with Crippen molar-refractivity contribution in [1.29, 1.82) is 0 Å². The molecule has 0 saturated heterocycles. The van der Waals surface area contributed by atoms with Crippen LogP contribution in [0.5, 0.6) is 5.75 Å². The lowest BCUT2D eigenvalue weighted by molar-refractivity contribution is -0.141. The number of nitrogens with one attached hydrogen (secondary N) is 3. The molecular formula is C42H37Br2N5O6. The van der Waals surface area contributed by atoms with Gasteiger partial charge >= 0.3 is 0 Å². The van der Waals surface area contributed by atoms with Gasteiger partial charge in [-0.15, -0.1) is 0 Å². The van der Waals surface area contributed by atoms with Gasteiger partial charge in [0, 0.05) is 61.9 Å². The third-order valence-electron chi connectivity index (χ3n) is 12.1. The largest absolute Gasteiger partial charge is 0.469 e. The fourth-order valence-electron chi connectivity index (χ4n) is 9.10. The Balaban J connectivity index is 1.30. The van der Waals surface area contributed by atoms with Crippen molar-refractivity contribution in [3.05, 3.63) is 92.1 Å². The number of ether oxygens (including phenoxy) is 1. The van der Waals surface area contributed by atoms with E-state index in [-0.39, 0.29) is 55.1 Å². The molecule has 280 valence electrons. The molecule has 13 heteroatoms. The molecule has 0 aliphatic carbocycles. The van der Waals surface area contributed by atoms with E-state index in [2.05, 4.69) is 71.7 Å². The number of aromatic amines is 1. The third kappa shape index (κ3) is 4.81. The van der Waals surface area contributed by atoms with Gasteiger partial charge in [-0.25, -0.2) is 9.97 Å². The molecule has 0 radical (unpaired) electrons. The van der Waals surface area contributed by atoms with Gasteiger partial charge in [0.15, 0.2) is 33.8 Å². The first-order chi connectivity index (χ1) is 26.4. The first-order valence-electron chi connectivity index (χ1n) is 18.7. The summed E-state index contributed by atoms with van der Waals surface area (Å²) in [5.74, 6) is 0.545. The summed E-state index contributed by atoms with van der Waals surface area (Å²) in [5.41, 5.74) is 4.92. The van der Waals surface area contributed by atoms with E-state index < -0.39 is 29.2 Å². The van der Waals surface area contributed by atoms with Gasteiger partial charge in [-0.1, -0.05) is 67.9 Å². The number of oxazole rings is 2.